The average Bonchev–Trinajstić information content (AvgIpc) is 2.66. The van der Waals surface area contributed by atoms with Crippen molar-refractivity contribution in [1.29, 1.82) is 0 Å². The molecule has 0 amide bonds. The zero-order valence-corrected chi connectivity index (χ0v) is 9.10. The van der Waals surface area contributed by atoms with Crippen LogP contribution in [0.3, 0.4) is 0 Å². The molecule has 3 N–H and O–H groups in total. The molecule has 0 aliphatic heterocycles. The van der Waals surface area contributed by atoms with Crippen LogP contribution in [0.25, 0.3) is 0 Å². The molecule has 0 aromatic carbocycles. The number of hydrogen-bond donors (Lipinski definition) is 2. The molecule has 0 aliphatic rings. The van der Waals surface area contributed by atoms with Crippen LogP contribution in [0.2, 0.25) is 0 Å². The standard InChI is InChI=1S/C10H20N4O/c11-6-5-10-9-14(13-12-10)7-3-1-2-4-8-15/h9,15H,1-8,11H2. The van der Waals surface area contributed by atoms with Crippen LogP contribution in [0, 0.1) is 0 Å². The molecule has 0 radical (unpaired) electrons. The summed E-state index contributed by atoms with van der Waals surface area (Å²) in [5.74, 6) is 0. The first-order valence-corrected chi connectivity index (χ1v) is 5.56. The van der Waals surface area contributed by atoms with Gasteiger partial charge < -0.3 is 10.8 Å². The Morgan fingerprint density at radius 3 is 2.80 bits per heavy atom. The van der Waals surface area contributed by atoms with Crippen LogP contribution < -0.4 is 5.73 Å². The SMILES string of the molecule is NCCc1cn(CCCCCCO)nn1. The minimum Gasteiger partial charge on any atom is -0.396 e. The number of rotatable bonds is 8. The van der Waals surface area contributed by atoms with E-state index in [0.717, 1.165) is 44.3 Å². The Bertz CT molecular complexity index is 262. The van der Waals surface area contributed by atoms with E-state index in [0.29, 0.717) is 13.2 Å². The van der Waals surface area contributed by atoms with Crippen LogP contribution in [0.1, 0.15) is 31.4 Å². The second-order valence-electron chi connectivity index (χ2n) is 3.65. The maximum Gasteiger partial charge on any atom is 0.0839 e. The molecule has 15 heavy (non-hydrogen) atoms. The van der Waals surface area contributed by atoms with E-state index in [4.69, 9.17) is 10.8 Å². The normalized spacial score (nSPS) is 10.8. The van der Waals surface area contributed by atoms with Crippen molar-refractivity contribution < 1.29 is 5.11 Å². The van der Waals surface area contributed by atoms with Gasteiger partial charge in [-0.1, -0.05) is 18.1 Å². The molecule has 5 heteroatoms. The number of nitrogens with two attached hydrogens (primary N) is 1. The lowest BCUT2D eigenvalue weighted by molar-refractivity contribution is 0.282. The summed E-state index contributed by atoms with van der Waals surface area (Å²) < 4.78 is 1.87. The summed E-state index contributed by atoms with van der Waals surface area (Å²) in [5, 5.41) is 16.6. The van der Waals surface area contributed by atoms with Crippen molar-refractivity contribution in [2.75, 3.05) is 13.2 Å². The lowest BCUT2D eigenvalue weighted by Gasteiger charge is -1.99. The fraction of sp³-hybridized carbons (Fsp3) is 0.800. The molecule has 86 valence electrons. The van der Waals surface area contributed by atoms with Gasteiger partial charge >= 0.3 is 0 Å². The molecule has 1 aromatic heterocycles. The van der Waals surface area contributed by atoms with Crippen molar-refractivity contribution in [3.8, 4) is 0 Å². The maximum absolute atomic E-state index is 8.61. The molecular weight excluding hydrogens is 192 g/mol. The number of aliphatic hydroxyl groups is 1. The maximum atomic E-state index is 8.61. The molecule has 5 nitrogen and oxygen atoms in total. The monoisotopic (exact) mass is 212 g/mol. The van der Waals surface area contributed by atoms with Gasteiger partial charge in [0.25, 0.3) is 0 Å². The number of aliphatic hydroxyl groups excluding tert-OH is 1. The second-order valence-corrected chi connectivity index (χ2v) is 3.65. The highest BCUT2D eigenvalue weighted by Crippen LogP contribution is 2.02. The quantitative estimate of drug-likeness (QED) is 0.609. The summed E-state index contributed by atoms with van der Waals surface area (Å²) in [4.78, 5) is 0. The van der Waals surface area contributed by atoms with E-state index < -0.39 is 0 Å². The van der Waals surface area contributed by atoms with Crippen LogP contribution in [0.4, 0.5) is 0 Å². The number of unbranched alkanes of at least 4 members (excludes halogenated alkanes) is 3. The molecule has 1 aromatic rings. The summed E-state index contributed by atoms with van der Waals surface area (Å²) in [6.07, 6.45) is 6.96. The van der Waals surface area contributed by atoms with E-state index in [1.54, 1.807) is 0 Å². The van der Waals surface area contributed by atoms with Gasteiger partial charge in [-0.05, 0) is 19.4 Å². The Morgan fingerprint density at radius 2 is 2.07 bits per heavy atom. The molecule has 1 heterocycles. The highest BCUT2D eigenvalue weighted by molar-refractivity contribution is 4.92. The van der Waals surface area contributed by atoms with Crippen molar-refractivity contribution in [2.45, 2.75) is 38.6 Å². The van der Waals surface area contributed by atoms with Gasteiger partial charge in [0.2, 0.25) is 0 Å². The van der Waals surface area contributed by atoms with Gasteiger partial charge in [-0.3, -0.25) is 4.68 Å². The highest BCUT2D eigenvalue weighted by Gasteiger charge is 1.98. The van der Waals surface area contributed by atoms with E-state index in [2.05, 4.69) is 10.3 Å². The predicted molar refractivity (Wildman–Crippen MR) is 58.3 cm³/mol. The van der Waals surface area contributed by atoms with Crippen LogP contribution in [-0.2, 0) is 13.0 Å². The second kappa shape index (κ2) is 7.36. The first-order valence-electron chi connectivity index (χ1n) is 5.56. The van der Waals surface area contributed by atoms with E-state index in [9.17, 15) is 0 Å². The van der Waals surface area contributed by atoms with Crippen molar-refractivity contribution in [1.82, 2.24) is 15.0 Å². The van der Waals surface area contributed by atoms with E-state index in [1.165, 1.54) is 0 Å². The molecule has 0 saturated heterocycles. The zero-order chi connectivity index (χ0) is 10.9. The fourth-order valence-corrected chi connectivity index (χ4v) is 1.45. The highest BCUT2D eigenvalue weighted by atomic mass is 16.2. The van der Waals surface area contributed by atoms with Crippen LogP contribution >= 0.6 is 0 Å². The summed E-state index contributed by atoms with van der Waals surface area (Å²) in [7, 11) is 0. The van der Waals surface area contributed by atoms with Crippen molar-refractivity contribution in [3.63, 3.8) is 0 Å². The summed E-state index contributed by atoms with van der Waals surface area (Å²) in [6, 6.07) is 0. The Morgan fingerprint density at radius 1 is 1.27 bits per heavy atom. The smallest absolute Gasteiger partial charge is 0.0839 e. The van der Waals surface area contributed by atoms with Gasteiger partial charge in [0, 0.05) is 25.8 Å². The molecular formula is C10H20N4O. The summed E-state index contributed by atoms with van der Waals surface area (Å²) in [5.41, 5.74) is 6.39. The van der Waals surface area contributed by atoms with Crippen LogP contribution in [-0.4, -0.2) is 33.3 Å². The molecule has 0 fully saturated rings. The minimum atomic E-state index is 0.296. The van der Waals surface area contributed by atoms with Crippen molar-refractivity contribution >= 4 is 0 Å². The number of hydrogen-bond acceptors (Lipinski definition) is 4. The summed E-state index contributed by atoms with van der Waals surface area (Å²) in [6.45, 7) is 1.82. The number of aryl methyl sites for hydroxylation is 1. The van der Waals surface area contributed by atoms with Crippen LogP contribution in [0.5, 0.6) is 0 Å². The largest absolute Gasteiger partial charge is 0.396 e. The van der Waals surface area contributed by atoms with Crippen molar-refractivity contribution in [3.05, 3.63) is 11.9 Å². The molecule has 0 atom stereocenters. The molecule has 0 unspecified atom stereocenters. The minimum absolute atomic E-state index is 0.296. The molecule has 0 saturated carbocycles. The first kappa shape index (κ1) is 12.1. The zero-order valence-electron chi connectivity index (χ0n) is 9.10. The van der Waals surface area contributed by atoms with Gasteiger partial charge in [0.05, 0.1) is 5.69 Å². The molecule has 1 rings (SSSR count). The number of nitrogens with zero attached hydrogens (tertiary/aromatic N) is 3. The third-order valence-corrected chi connectivity index (χ3v) is 2.28. The molecule has 0 bridgehead atoms. The Hall–Kier alpha value is -0.940. The van der Waals surface area contributed by atoms with Crippen molar-refractivity contribution in [2.24, 2.45) is 5.73 Å². The van der Waals surface area contributed by atoms with Gasteiger partial charge in [-0.15, -0.1) is 5.10 Å². The van der Waals surface area contributed by atoms with E-state index in [-0.39, 0.29) is 0 Å². The number of aromatic nitrogens is 3. The molecule has 0 aliphatic carbocycles. The van der Waals surface area contributed by atoms with Gasteiger partial charge in [0.15, 0.2) is 0 Å². The topological polar surface area (TPSA) is 77.0 Å². The third-order valence-electron chi connectivity index (χ3n) is 2.28. The lowest BCUT2D eigenvalue weighted by Crippen LogP contribution is -2.02. The Balaban J connectivity index is 2.14. The van der Waals surface area contributed by atoms with E-state index in [1.807, 2.05) is 10.9 Å². The third kappa shape index (κ3) is 4.90. The Labute approximate surface area is 90.3 Å². The molecule has 0 spiro atoms. The van der Waals surface area contributed by atoms with Gasteiger partial charge in [-0.2, -0.15) is 0 Å². The Kier molecular flexibility index (Phi) is 5.96. The lowest BCUT2D eigenvalue weighted by atomic mass is 10.2. The average molecular weight is 212 g/mol. The van der Waals surface area contributed by atoms with E-state index >= 15 is 0 Å². The summed E-state index contributed by atoms with van der Waals surface area (Å²) >= 11 is 0. The van der Waals surface area contributed by atoms with Crippen LogP contribution in [0.15, 0.2) is 6.20 Å². The fourth-order valence-electron chi connectivity index (χ4n) is 1.45. The predicted octanol–water partition coefficient (Wildman–Crippen LogP) is 0.332. The van der Waals surface area contributed by atoms with Gasteiger partial charge in [-0.25, -0.2) is 0 Å². The first-order chi connectivity index (χ1) is 7.36. The van der Waals surface area contributed by atoms with Gasteiger partial charge in [0.1, 0.15) is 0 Å².